The Hall–Kier alpha value is -1.06. The molecule has 118 valence electrons. The van der Waals surface area contributed by atoms with Gasteiger partial charge < -0.3 is 14.6 Å². The van der Waals surface area contributed by atoms with E-state index in [4.69, 9.17) is 9.47 Å². The van der Waals surface area contributed by atoms with Gasteiger partial charge in [-0.2, -0.15) is 0 Å². The van der Waals surface area contributed by atoms with Gasteiger partial charge in [-0.3, -0.25) is 0 Å². The van der Waals surface area contributed by atoms with Crippen LogP contribution < -0.4 is 4.74 Å². The van der Waals surface area contributed by atoms with Gasteiger partial charge in [0.15, 0.2) is 0 Å². The van der Waals surface area contributed by atoms with Crippen LogP contribution >= 0.6 is 0 Å². The predicted octanol–water partition coefficient (Wildman–Crippen LogP) is 4.24. The molecule has 0 saturated heterocycles. The summed E-state index contributed by atoms with van der Waals surface area (Å²) < 4.78 is 11.6. The topological polar surface area (TPSA) is 38.7 Å². The molecule has 0 bridgehead atoms. The lowest BCUT2D eigenvalue weighted by atomic mass is 9.90. The smallest absolute Gasteiger partial charge is 0.124 e. The van der Waals surface area contributed by atoms with Crippen molar-refractivity contribution in [3.05, 3.63) is 29.3 Å². The number of aliphatic hydroxyl groups is 1. The van der Waals surface area contributed by atoms with Crippen molar-refractivity contribution in [1.29, 1.82) is 0 Å². The van der Waals surface area contributed by atoms with Crippen molar-refractivity contribution in [2.45, 2.75) is 58.7 Å². The molecule has 1 unspecified atom stereocenters. The molecule has 0 aliphatic heterocycles. The molecular formula is C18H28O3. The molecule has 3 heteroatoms. The summed E-state index contributed by atoms with van der Waals surface area (Å²) >= 11 is 0. The summed E-state index contributed by atoms with van der Waals surface area (Å²) in [7, 11) is 0. The molecule has 0 radical (unpaired) electrons. The Morgan fingerprint density at radius 1 is 1.24 bits per heavy atom. The van der Waals surface area contributed by atoms with Crippen LogP contribution in [0.5, 0.6) is 5.75 Å². The van der Waals surface area contributed by atoms with Gasteiger partial charge in [0, 0.05) is 12.2 Å². The first-order chi connectivity index (χ1) is 10.2. The highest BCUT2D eigenvalue weighted by Gasteiger charge is 2.14. The minimum absolute atomic E-state index is 0.460. The zero-order valence-electron chi connectivity index (χ0n) is 13.3. The van der Waals surface area contributed by atoms with E-state index < -0.39 is 6.10 Å². The molecule has 1 saturated carbocycles. The van der Waals surface area contributed by atoms with Gasteiger partial charge >= 0.3 is 0 Å². The van der Waals surface area contributed by atoms with E-state index in [9.17, 15) is 5.11 Å². The summed E-state index contributed by atoms with van der Waals surface area (Å²) in [6.45, 7) is 5.80. The van der Waals surface area contributed by atoms with Crippen molar-refractivity contribution >= 4 is 0 Å². The van der Waals surface area contributed by atoms with Crippen LogP contribution in [-0.4, -0.2) is 18.3 Å². The van der Waals surface area contributed by atoms with Crippen LogP contribution in [0.15, 0.2) is 18.2 Å². The molecule has 2 rings (SSSR count). The van der Waals surface area contributed by atoms with Crippen LogP contribution in [-0.2, 0) is 11.3 Å². The first-order valence-corrected chi connectivity index (χ1v) is 8.22. The minimum atomic E-state index is -0.460. The van der Waals surface area contributed by atoms with Crippen molar-refractivity contribution in [2.24, 2.45) is 5.92 Å². The average molecular weight is 292 g/mol. The van der Waals surface area contributed by atoms with Gasteiger partial charge in [0.1, 0.15) is 5.75 Å². The van der Waals surface area contributed by atoms with Crippen molar-refractivity contribution in [3.8, 4) is 5.75 Å². The van der Waals surface area contributed by atoms with E-state index >= 15 is 0 Å². The molecule has 0 amide bonds. The van der Waals surface area contributed by atoms with Crippen LogP contribution in [0.25, 0.3) is 0 Å². The number of aliphatic hydroxyl groups excluding tert-OH is 1. The molecule has 1 aromatic rings. The third-order valence-electron chi connectivity index (χ3n) is 4.20. The van der Waals surface area contributed by atoms with Gasteiger partial charge in [0.2, 0.25) is 0 Å². The maximum Gasteiger partial charge on any atom is 0.124 e. The molecule has 3 nitrogen and oxygen atoms in total. The highest BCUT2D eigenvalue weighted by Crippen LogP contribution is 2.27. The van der Waals surface area contributed by atoms with Gasteiger partial charge in [0.25, 0.3) is 0 Å². The van der Waals surface area contributed by atoms with E-state index in [1.54, 1.807) is 6.92 Å². The van der Waals surface area contributed by atoms with Crippen molar-refractivity contribution < 1.29 is 14.6 Å². The quantitative estimate of drug-likeness (QED) is 0.817. The summed E-state index contributed by atoms with van der Waals surface area (Å²) in [4.78, 5) is 0. The van der Waals surface area contributed by atoms with Gasteiger partial charge in [-0.1, -0.05) is 25.3 Å². The molecule has 1 fully saturated rings. The number of hydrogen-bond acceptors (Lipinski definition) is 3. The highest BCUT2D eigenvalue weighted by molar-refractivity contribution is 5.37. The summed E-state index contributed by atoms with van der Waals surface area (Å²) in [6, 6.07) is 5.85. The summed E-state index contributed by atoms with van der Waals surface area (Å²) in [6.07, 6.45) is 6.20. The zero-order valence-corrected chi connectivity index (χ0v) is 13.3. The fourth-order valence-electron chi connectivity index (χ4n) is 2.96. The molecule has 1 aromatic carbocycles. The predicted molar refractivity (Wildman–Crippen MR) is 84.5 cm³/mol. The number of benzene rings is 1. The van der Waals surface area contributed by atoms with Crippen LogP contribution in [0.3, 0.4) is 0 Å². The zero-order chi connectivity index (χ0) is 15.1. The van der Waals surface area contributed by atoms with E-state index in [-0.39, 0.29) is 0 Å². The average Bonchev–Trinajstić information content (AvgIpc) is 2.50. The molecule has 0 spiro atoms. The summed E-state index contributed by atoms with van der Waals surface area (Å²) in [5.74, 6) is 1.58. The maximum atomic E-state index is 9.72. The van der Waals surface area contributed by atoms with Crippen LogP contribution in [0.1, 0.15) is 63.2 Å². The van der Waals surface area contributed by atoms with E-state index in [0.717, 1.165) is 23.5 Å². The van der Waals surface area contributed by atoms with Gasteiger partial charge in [0.05, 0.1) is 19.3 Å². The Kier molecular flexibility index (Phi) is 6.52. The highest BCUT2D eigenvalue weighted by atomic mass is 16.5. The normalized spacial score (nSPS) is 17.7. The molecule has 21 heavy (non-hydrogen) atoms. The van der Waals surface area contributed by atoms with E-state index in [0.29, 0.717) is 19.1 Å². The Morgan fingerprint density at radius 2 is 2.00 bits per heavy atom. The lowest BCUT2D eigenvalue weighted by molar-refractivity contribution is 0.0723. The van der Waals surface area contributed by atoms with Gasteiger partial charge in [-0.15, -0.1) is 0 Å². The Morgan fingerprint density at radius 3 is 2.67 bits per heavy atom. The van der Waals surface area contributed by atoms with Gasteiger partial charge in [-0.25, -0.2) is 0 Å². The number of rotatable bonds is 7. The first kappa shape index (κ1) is 16.3. The van der Waals surface area contributed by atoms with Crippen molar-refractivity contribution in [1.82, 2.24) is 0 Å². The fraction of sp³-hybridized carbons (Fsp3) is 0.667. The Balaban J connectivity index is 1.93. The second-order valence-corrected chi connectivity index (χ2v) is 6.00. The number of ether oxygens (including phenoxy) is 2. The molecule has 1 aliphatic rings. The molecule has 1 aliphatic carbocycles. The van der Waals surface area contributed by atoms with E-state index in [1.807, 2.05) is 25.1 Å². The van der Waals surface area contributed by atoms with Crippen molar-refractivity contribution in [2.75, 3.05) is 13.2 Å². The monoisotopic (exact) mass is 292 g/mol. The summed E-state index contributed by atoms with van der Waals surface area (Å²) in [5.41, 5.74) is 1.95. The Labute approximate surface area is 128 Å². The molecule has 0 heterocycles. The standard InChI is InChI=1S/C18H28O3/c1-3-21-18-10-9-16(14(2)19)11-17(18)13-20-12-15-7-5-4-6-8-15/h9-11,14-15,19H,3-8,12-13H2,1-2H3. The lowest BCUT2D eigenvalue weighted by Gasteiger charge is -2.21. The molecule has 1 atom stereocenters. The van der Waals surface area contributed by atoms with E-state index in [1.165, 1.54) is 32.1 Å². The largest absolute Gasteiger partial charge is 0.494 e. The molecule has 1 N–H and O–H groups in total. The van der Waals surface area contributed by atoms with Gasteiger partial charge in [-0.05, 0) is 50.3 Å². The maximum absolute atomic E-state index is 9.72. The molecular weight excluding hydrogens is 264 g/mol. The number of hydrogen-bond donors (Lipinski definition) is 1. The molecule has 0 aromatic heterocycles. The second kappa shape index (κ2) is 8.40. The minimum Gasteiger partial charge on any atom is -0.494 e. The first-order valence-electron chi connectivity index (χ1n) is 8.22. The fourth-order valence-corrected chi connectivity index (χ4v) is 2.96. The summed E-state index contributed by atoms with van der Waals surface area (Å²) in [5, 5.41) is 9.72. The third kappa shape index (κ3) is 5.01. The van der Waals surface area contributed by atoms with Crippen LogP contribution in [0, 0.1) is 5.92 Å². The SMILES string of the molecule is CCOc1ccc(C(C)O)cc1COCC1CCCCC1. The lowest BCUT2D eigenvalue weighted by Crippen LogP contribution is -2.13. The van der Waals surface area contributed by atoms with E-state index in [2.05, 4.69) is 0 Å². The van der Waals surface area contributed by atoms with Crippen LogP contribution in [0.4, 0.5) is 0 Å². The van der Waals surface area contributed by atoms with Crippen molar-refractivity contribution in [3.63, 3.8) is 0 Å². The third-order valence-corrected chi connectivity index (χ3v) is 4.20. The Bertz CT molecular complexity index is 422. The van der Waals surface area contributed by atoms with Crippen LogP contribution in [0.2, 0.25) is 0 Å². The second-order valence-electron chi connectivity index (χ2n) is 6.00.